The minimum Gasteiger partial charge on any atom is -0.339 e. The van der Waals surface area contributed by atoms with Crippen LogP contribution in [-0.2, 0) is 14.4 Å². The summed E-state index contributed by atoms with van der Waals surface area (Å²) in [4.78, 5) is 50.2. The van der Waals surface area contributed by atoms with Gasteiger partial charge in [-0.1, -0.05) is 5.16 Å². The van der Waals surface area contributed by atoms with Crippen LogP contribution in [0.4, 0.5) is 0 Å². The van der Waals surface area contributed by atoms with Crippen molar-refractivity contribution in [2.75, 3.05) is 19.6 Å². The number of rotatable bonds is 4. The van der Waals surface area contributed by atoms with Gasteiger partial charge in [0, 0.05) is 38.3 Å². The van der Waals surface area contributed by atoms with E-state index >= 15 is 0 Å². The van der Waals surface area contributed by atoms with Crippen molar-refractivity contribution >= 4 is 17.7 Å². The molecule has 0 unspecified atom stereocenters. The summed E-state index contributed by atoms with van der Waals surface area (Å²) < 4.78 is 5.23. The topological polar surface area (TPSA) is 122 Å². The summed E-state index contributed by atoms with van der Waals surface area (Å²) in [7, 11) is 0. The van der Waals surface area contributed by atoms with Gasteiger partial charge in [0.15, 0.2) is 0 Å². The molecule has 0 N–H and O–H groups in total. The Morgan fingerprint density at radius 1 is 1.20 bits per heavy atom. The van der Waals surface area contributed by atoms with E-state index in [1.54, 1.807) is 11.1 Å². The molecule has 10 heteroatoms. The van der Waals surface area contributed by atoms with Crippen molar-refractivity contribution in [2.24, 2.45) is 0 Å². The second-order valence-corrected chi connectivity index (χ2v) is 5.92. The van der Waals surface area contributed by atoms with Gasteiger partial charge in [-0.05, 0) is 0 Å². The van der Waals surface area contributed by atoms with Crippen molar-refractivity contribution in [2.45, 2.75) is 18.8 Å². The lowest BCUT2D eigenvalue weighted by Crippen LogP contribution is -2.52. The van der Waals surface area contributed by atoms with E-state index < -0.39 is 0 Å². The Bertz CT molecular complexity index is 814. The van der Waals surface area contributed by atoms with Crippen LogP contribution in [0.3, 0.4) is 0 Å². The molecule has 0 spiro atoms. The van der Waals surface area contributed by atoms with E-state index in [9.17, 15) is 14.4 Å². The molecule has 2 fully saturated rings. The standard InChI is InChI=1S/C15H14N6O4/c22-11-1-2-12(23)21(11)8-13(24)20-6-9(7-20)15-18-14(19-25-15)10-5-16-3-4-17-10/h3-5,9H,1-2,6-8H2. The van der Waals surface area contributed by atoms with Gasteiger partial charge in [-0.15, -0.1) is 0 Å². The average Bonchev–Trinajstić information content (AvgIpc) is 3.17. The summed E-state index contributed by atoms with van der Waals surface area (Å²) >= 11 is 0. The summed E-state index contributed by atoms with van der Waals surface area (Å²) in [5, 5.41) is 3.87. The Morgan fingerprint density at radius 3 is 2.64 bits per heavy atom. The van der Waals surface area contributed by atoms with Crippen molar-refractivity contribution in [3.8, 4) is 11.5 Å². The summed E-state index contributed by atoms with van der Waals surface area (Å²) in [6, 6.07) is 0. The Hall–Kier alpha value is -3.17. The number of carbonyl (C=O) groups excluding carboxylic acids is 3. The smallest absolute Gasteiger partial charge is 0.242 e. The molecule has 0 aliphatic carbocycles. The predicted octanol–water partition coefficient (Wildman–Crippen LogP) is -0.399. The molecule has 0 bridgehead atoms. The maximum atomic E-state index is 12.2. The van der Waals surface area contributed by atoms with Gasteiger partial charge in [-0.25, -0.2) is 4.98 Å². The van der Waals surface area contributed by atoms with E-state index in [1.807, 2.05) is 0 Å². The number of nitrogens with zero attached hydrogens (tertiary/aromatic N) is 6. The zero-order chi connectivity index (χ0) is 17.4. The molecule has 4 heterocycles. The molecule has 4 rings (SSSR count). The van der Waals surface area contributed by atoms with Crippen LogP contribution in [0.5, 0.6) is 0 Å². The normalized spacial score (nSPS) is 17.9. The lowest BCUT2D eigenvalue weighted by Gasteiger charge is -2.37. The van der Waals surface area contributed by atoms with Crippen molar-refractivity contribution in [3.05, 3.63) is 24.5 Å². The molecule has 2 aliphatic heterocycles. The Kier molecular flexibility index (Phi) is 3.71. The zero-order valence-electron chi connectivity index (χ0n) is 13.2. The molecule has 0 atom stereocenters. The van der Waals surface area contributed by atoms with Crippen LogP contribution >= 0.6 is 0 Å². The molecule has 2 aliphatic rings. The minimum absolute atomic E-state index is 0.0631. The highest BCUT2D eigenvalue weighted by atomic mass is 16.5. The number of amides is 3. The Labute approximate surface area is 141 Å². The third-order valence-electron chi connectivity index (χ3n) is 4.27. The molecule has 0 saturated carbocycles. The van der Waals surface area contributed by atoms with Crippen molar-refractivity contribution in [3.63, 3.8) is 0 Å². The second-order valence-electron chi connectivity index (χ2n) is 5.92. The van der Waals surface area contributed by atoms with E-state index in [0.29, 0.717) is 30.5 Å². The fourth-order valence-electron chi connectivity index (χ4n) is 2.79. The van der Waals surface area contributed by atoms with Gasteiger partial charge >= 0.3 is 0 Å². The molecule has 2 aromatic heterocycles. The maximum Gasteiger partial charge on any atom is 0.242 e. The molecule has 3 amide bonds. The molecule has 25 heavy (non-hydrogen) atoms. The molecule has 2 aromatic rings. The maximum absolute atomic E-state index is 12.2. The van der Waals surface area contributed by atoms with E-state index in [-0.39, 0.29) is 43.0 Å². The van der Waals surface area contributed by atoms with E-state index in [2.05, 4.69) is 20.1 Å². The van der Waals surface area contributed by atoms with Crippen LogP contribution < -0.4 is 0 Å². The average molecular weight is 342 g/mol. The molecule has 2 saturated heterocycles. The van der Waals surface area contributed by atoms with E-state index in [4.69, 9.17) is 4.52 Å². The minimum atomic E-state index is -0.291. The van der Waals surface area contributed by atoms with Crippen molar-refractivity contribution < 1.29 is 18.9 Å². The largest absolute Gasteiger partial charge is 0.339 e. The van der Waals surface area contributed by atoms with Crippen LogP contribution in [0.15, 0.2) is 23.1 Å². The second kappa shape index (κ2) is 6.04. The predicted molar refractivity (Wildman–Crippen MR) is 80.6 cm³/mol. The first-order chi connectivity index (χ1) is 12.1. The molecule has 128 valence electrons. The third kappa shape index (κ3) is 2.86. The third-order valence-corrected chi connectivity index (χ3v) is 4.27. The highest BCUT2D eigenvalue weighted by molar-refractivity contribution is 6.04. The number of imide groups is 1. The van der Waals surface area contributed by atoms with Gasteiger partial charge in [-0.2, -0.15) is 4.98 Å². The van der Waals surface area contributed by atoms with E-state index in [0.717, 1.165) is 4.90 Å². The lowest BCUT2D eigenvalue weighted by atomic mass is 10.00. The van der Waals surface area contributed by atoms with Crippen LogP contribution in [0.2, 0.25) is 0 Å². The van der Waals surface area contributed by atoms with Gasteiger partial charge in [0.05, 0.1) is 12.1 Å². The number of hydrogen-bond donors (Lipinski definition) is 0. The van der Waals surface area contributed by atoms with Crippen LogP contribution in [0.1, 0.15) is 24.7 Å². The van der Waals surface area contributed by atoms with Gasteiger partial charge < -0.3 is 9.42 Å². The first-order valence-corrected chi connectivity index (χ1v) is 7.83. The first-order valence-electron chi connectivity index (χ1n) is 7.83. The molecular weight excluding hydrogens is 328 g/mol. The lowest BCUT2D eigenvalue weighted by molar-refractivity contribution is -0.147. The number of likely N-dealkylation sites (tertiary alicyclic amines) is 2. The van der Waals surface area contributed by atoms with Crippen molar-refractivity contribution in [1.29, 1.82) is 0 Å². The number of carbonyl (C=O) groups is 3. The summed E-state index contributed by atoms with van der Waals surface area (Å²) in [5.74, 6) is -0.124. The Morgan fingerprint density at radius 2 is 1.96 bits per heavy atom. The van der Waals surface area contributed by atoms with E-state index in [1.165, 1.54) is 12.4 Å². The van der Waals surface area contributed by atoms with Crippen LogP contribution in [0, 0.1) is 0 Å². The summed E-state index contributed by atoms with van der Waals surface area (Å²) in [6.45, 7) is 0.632. The highest BCUT2D eigenvalue weighted by Gasteiger charge is 2.38. The van der Waals surface area contributed by atoms with Gasteiger partial charge in [0.25, 0.3) is 0 Å². The van der Waals surface area contributed by atoms with Gasteiger partial charge in [-0.3, -0.25) is 24.3 Å². The fourth-order valence-corrected chi connectivity index (χ4v) is 2.79. The van der Waals surface area contributed by atoms with Gasteiger partial charge in [0.2, 0.25) is 29.4 Å². The molecule has 0 radical (unpaired) electrons. The van der Waals surface area contributed by atoms with Crippen LogP contribution in [-0.4, -0.2) is 67.3 Å². The summed E-state index contributed by atoms with van der Waals surface area (Å²) in [6.07, 6.45) is 4.99. The fraction of sp³-hybridized carbons (Fsp3) is 0.400. The SMILES string of the molecule is O=C(CN1C(=O)CCC1=O)N1CC(c2nc(-c3cnccn3)no2)C1. The molecular formula is C15H14N6O4. The highest BCUT2D eigenvalue weighted by Crippen LogP contribution is 2.27. The van der Waals surface area contributed by atoms with Crippen LogP contribution in [0.25, 0.3) is 11.5 Å². The van der Waals surface area contributed by atoms with Crippen molar-refractivity contribution in [1.82, 2.24) is 29.9 Å². The quantitative estimate of drug-likeness (QED) is 0.688. The first kappa shape index (κ1) is 15.4. The zero-order valence-corrected chi connectivity index (χ0v) is 13.2. The summed E-state index contributed by atoms with van der Waals surface area (Å²) in [5.41, 5.74) is 0.510. The molecule has 10 nitrogen and oxygen atoms in total. The number of hydrogen-bond acceptors (Lipinski definition) is 8. The molecule has 0 aromatic carbocycles. The monoisotopic (exact) mass is 342 g/mol. The number of aromatic nitrogens is 4. The van der Waals surface area contributed by atoms with Gasteiger partial charge in [0.1, 0.15) is 12.2 Å². The Balaban J connectivity index is 1.34.